The van der Waals surface area contributed by atoms with E-state index in [2.05, 4.69) is 21.3 Å². The first-order valence-corrected chi connectivity index (χ1v) is 8.90. The molecule has 1 saturated heterocycles. The molecule has 140 valence electrons. The summed E-state index contributed by atoms with van der Waals surface area (Å²) >= 11 is 0. The number of benzene rings is 1. The van der Waals surface area contributed by atoms with Crippen LogP contribution in [0.25, 0.3) is 11.3 Å². The molecular formula is C20H18N6O2. The summed E-state index contributed by atoms with van der Waals surface area (Å²) in [7, 11) is 0. The highest BCUT2D eigenvalue weighted by atomic mass is 16.3. The van der Waals surface area contributed by atoms with Crippen molar-refractivity contribution in [3.05, 3.63) is 59.9 Å². The number of carbonyl (C=O) groups excluding carboxylic acids is 1. The number of aromatic amines is 1. The molecule has 1 amide bonds. The molecule has 3 aromatic rings. The van der Waals surface area contributed by atoms with Gasteiger partial charge in [0.2, 0.25) is 0 Å². The Balaban J connectivity index is 1.43. The van der Waals surface area contributed by atoms with E-state index in [0.29, 0.717) is 48.9 Å². The summed E-state index contributed by atoms with van der Waals surface area (Å²) in [5.41, 5.74) is 2.42. The first-order chi connectivity index (χ1) is 13.7. The Morgan fingerprint density at radius 3 is 2.61 bits per heavy atom. The monoisotopic (exact) mass is 374 g/mol. The van der Waals surface area contributed by atoms with E-state index in [1.165, 1.54) is 0 Å². The summed E-state index contributed by atoms with van der Waals surface area (Å²) in [6.45, 7) is 2.29. The SMILES string of the molecule is N#Cc1cccnc1N1CCN(C(=O)c2cc(-c3ccc(O)cc3)n[nH]2)CC1. The zero-order chi connectivity index (χ0) is 19.5. The van der Waals surface area contributed by atoms with Gasteiger partial charge in [0.05, 0.1) is 11.3 Å². The minimum Gasteiger partial charge on any atom is -0.508 e. The molecule has 0 bridgehead atoms. The van der Waals surface area contributed by atoms with E-state index >= 15 is 0 Å². The Labute approximate surface area is 161 Å². The third kappa shape index (κ3) is 3.38. The lowest BCUT2D eigenvalue weighted by Gasteiger charge is -2.35. The smallest absolute Gasteiger partial charge is 0.272 e. The number of pyridine rings is 1. The van der Waals surface area contributed by atoms with Crippen LogP contribution in [0.1, 0.15) is 16.1 Å². The van der Waals surface area contributed by atoms with Crippen LogP contribution in [0.2, 0.25) is 0 Å². The van der Waals surface area contributed by atoms with Gasteiger partial charge in [-0.25, -0.2) is 4.98 Å². The number of hydrogen-bond acceptors (Lipinski definition) is 6. The Kier molecular flexibility index (Phi) is 4.64. The highest BCUT2D eigenvalue weighted by Crippen LogP contribution is 2.22. The third-order valence-electron chi connectivity index (χ3n) is 4.74. The first-order valence-electron chi connectivity index (χ1n) is 8.90. The summed E-state index contributed by atoms with van der Waals surface area (Å²) in [5.74, 6) is 0.730. The van der Waals surface area contributed by atoms with Crippen molar-refractivity contribution >= 4 is 11.7 Å². The van der Waals surface area contributed by atoms with Gasteiger partial charge in [-0.05, 0) is 42.5 Å². The van der Waals surface area contributed by atoms with Crippen LogP contribution in [0.3, 0.4) is 0 Å². The highest BCUT2D eigenvalue weighted by molar-refractivity contribution is 5.93. The average Bonchev–Trinajstić information content (AvgIpc) is 3.24. The van der Waals surface area contributed by atoms with Crippen LogP contribution >= 0.6 is 0 Å². The van der Waals surface area contributed by atoms with Gasteiger partial charge in [-0.15, -0.1) is 0 Å². The Morgan fingerprint density at radius 1 is 1.14 bits per heavy atom. The molecule has 0 spiro atoms. The lowest BCUT2D eigenvalue weighted by Crippen LogP contribution is -2.49. The minimum absolute atomic E-state index is 0.112. The van der Waals surface area contributed by atoms with Crippen molar-refractivity contribution in [3.63, 3.8) is 0 Å². The number of rotatable bonds is 3. The quantitative estimate of drug-likeness (QED) is 0.726. The van der Waals surface area contributed by atoms with Gasteiger partial charge in [0.15, 0.2) is 0 Å². The number of nitrogens with zero attached hydrogens (tertiary/aromatic N) is 5. The molecule has 0 aliphatic carbocycles. The van der Waals surface area contributed by atoms with Crippen molar-refractivity contribution in [2.75, 3.05) is 31.1 Å². The highest BCUT2D eigenvalue weighted by Gasteiger charge is 2.25. The third-order valence-corrected chi connectivity index (χ3v) is 4.74. The number of nitriles is 1. The van der Waals surface area contributed by atoms with Gasteiger partial charge in [0.1, 0.15) is 23.3 Å². The fourth-order valence-corrected chi connectivity index (χ4v) is 3.24. The lowest BCUT2D eigenvalue weighted by atomic mass is 10.1. The number of aromatic nitrogens is 3. The lowest BCUT2D eigenvalue weighted by molar-refractivity contribution is 0.0740. The molecule has 2 N–H and O–H groups in total. The van der Waals surface area contributed by atoms with Crippen molar-refractivity contribution in [1.29, 1.82) is 5.26 Å². The molecule has 0 radical (unpaired) electrons. The fourth-order valence-electron chi connectivity index (χ4n) is 3.24. The topological polar surface area (TPSA) is 109 Å². The predicted molar refractivity (Wildman–Crippen MR) is 103 cm³/mol. The summed E-state index contributed by atoms with van der Waals surface area (Å²) in [4.78, 5) is 20.9. The number of nitrogens with one attached hydrogen (secondary N) is 1. The maximum Gasteiger partial charge on any atom is 0.272 e. The Bertz CT molecular complexity index is 1030. The van der Waals surface area contributed by atoms with Gasteiger partial charge in [-0.3, -0.25) is 9.89 Å². The second kappa shape index (κ2) is 7.40. The number of anilines is 1. The Morgan fingerprint density at radius 2 is 1.89 bits per heavy atom. The maximum atomic E-state index is 12.8. The molecule has 0 saturated carbocycles. The van der Waals surface area contributed by atoms with E-state index in [0.717, 1.165) is 5.56 Å². The molecule has 8 heteroatoms. The number of aromatic hydroxyl groups is 1. The zero-order valence-corrected chi connectivity index (χ0v) is 15.0. The largest absolute Gasteiger partial charge is 0.508 e. The van der Waals surface area contributed by atoms with Gasteiger partial charge in [-0.2, -0.15) is 10.4 Å². The summed E-state index contributed by atoms with van der Waals surface area (Å²) in [6.07, 6.45) is 1.67. The van der Waals surface area contributed by atoms with Crippen molar-refractivity contribution < 1.29 is 9.90 Å². The van der Waals surface area contributed by atoms with Crippen molar-refractivity contribution in [2.24, 2.45) is 0 Å². The van der Waals surface area contributed by atoms with Gasteiger partial charge >= 0.3 is 0 Å². The molecule has 8 nitrogen and oxygen atoms in total. The average molecular weight is 374 g/mol. The maximum absolute atomic E-state index is 12.8. The number of hydrogen-bond donors (Lipinski definition) is 2. The number of phenols is 1. The van der Waals surface area contributed by atoms with Crippen LogP contribution in [0, 0.1) is 11.3 Å². The van der Waals surface area contributed by atoms with Gasteiger partial charge < -0.3 is 14.9 Å². The standard InChI is InChI=1S/C20H18N6O2/c21-13-15-2-1-7-22-19(15)25-8-10-26(11-9-25)20(28)18-12-17(23-24-18)14-3-5-16(27)6-4-14/h1-7,12,27H,8-11H2,(H,23,24). The van der Waals surface area contributed by atoms with Crippen LogP contribution in [-0.4, -0.2) is 57.3 Å². The second-order valence-electron chi connectivity index (χ2n) is 6.48. The van der Waals surface area contributed by atoms with Gasteiger partial charge in [0, 0.05) is 37.9 Å². The van der Waals surface area contributed by atoms with Gasteiger partial charge in [0.25, 0.3) is 5.91 Å². The normalized spacial score (nSPS) is 14.0. The van der Waals surface area contributed by atoms with E-state index in [1.807, 2.05) is 4.90 Å². The van der Waals surface area contributed by atoms with Crippen molar-refractivity contribution in [2.45, 2.75) is 0 Å². The van der Waals surface area contributed by atoms with Crippen molar-refractivity contribution in [1.82, 2.24) is 20.1 Å². The molecule has 28 heavy (non-hydrogen) atoms. The number of carbonyl (C=O) groups is 1. The van der Waals surface area contributed by atoms with E-state index in [-0.39, 0.29) is 11.7 Å². The summed E-state index contributed by atoms with van der Waals surface area (Å²) < 4.78 is 0. The predicted octanol–water partition coefficient (Wildman–Crippen LogP) is 2.01. The van der Waals surface area contributed by atoms with Crippen LogP contribution < -0.4 is 4.90 Å². The van der Waals surface area contributed by atoms with Crippen LogP contribution in [0.15, 0.2) is 48.7 Å². The molecule has 0 atom stereocenters. The van der Waals surface area contributed by atoms with E-state index in [4.69, 9.17) is 0 Å². The zero-order valence-electron chi connectivity index (χ0n) is 15.0. The van der Waals surface area contributed by atoms with E-state index < -0.39 is 0 Å². The van der Waals surface area contributed by atoms with Crippen LogP contribution in [0.5, 0.6) is 5.75 Å². The summed E-state index contributed by atoms with van der Waals surface area (Å²) in [6, 6.07) is 14.0. The molecule has 3 heterocycles. The Hall–Kier alpha value is -3.86. The van der Waals surface area contributed by atoms with E-state index in [1.54, 1.807) is 53.6 Å². The number of amides is 1. The summed E-state index contributed by atoms with van der Waals surface area (Å²) in [5, 5.41) is 25.6. The minimum atomic E-state index is -0.112. The van der Waals surface area contributed by atoms with Crippen molar-refractivity contribution in [3.8, 4) is 23.1 Å². The molecule has 4 rings (SSSR count). The molecule has 1 fully saturated rings. The van der Waals surface area contributed by atoms with E-state index in [9.17, 15) is 15.2 Å². The van der Waals surface area contributed by atoms with Gasteiger partial charge in [-0.1, -0.05) is 0 Å². The molecule has 0 unspecified atom stereocenters. The second-order valence-corrected chi connectivity index (χ2v) is 6.48. The van der Waals surface area contributed by atoms with Crippen LogP contribution in [0.4, 0.5) is 5.82 Å². The molecule has 2 aromatic heterocycles. The fraction of sp³-hybridized carbons (Fsp3) is 0.200. The molecular weight excluding hydrogens is 356 g/mol. The molecule has 1 aromatic carbocycles. The number of piperazine rings is 1. The van der Waals surface area contributed by atoms with Crippen LogP contribution in [-0.2, 0) is 0 Å². The molecule has 1 aliphatic rings. The number of H-pyrrole nitrogens is 1. The first kappa shape index (κ1) is 17.5. The number of phenolic OH excluding ortho intramolecular Hbond substituents is 1. The molecule has 1 aliphatic heterocycles.